The van der Waals surface area contributed by atoms with E-state index in [1.807, 2.05) is 0 Å². The molecule has 2 unspecified atom stereocenters. The van der Waals surface area contributed by atoms with Gasteiger partial charge in [-0.2, -0.15) is 0 Å². The molecule has 0 aliphatic heterocycles. The van der Waals surface area contributed by atoms with E-state index in [4.69, 9.17) is 4.79 Å². The van der Waals surface area contributed by atoms with Gasteiger partial charge in [0, 0.05) is 18.6 Å². The van der Waals surface area contributed by atoms with Crippen LogP contribution in [0.3, 0.4) is 0 Å². The number of carbonyl (C=O) groups is 2. The maximum atomic E-state index is 11.8. The summed E-state index contributed by atoms with van der Waals surface area (Å²) >= 11 is 0. The van der Waals surface area contributed by atoms with E-state index >= 15 is 0 Å². The Labute approximate surface area is 248 Å². The van der Waals surface area contributed by atoms with Crippen LogP contribution in [0.25, 0.3) is 0 Å². The number of methoxy groups -OCH3 is 1. The average Bonchev–Trinajstić information content (AvgIpc) is 3.83. The summed E-state index contributed by atoms with van der Waals surface area (Å²) in [6.45, 7) is 5.08. The molecule has 2 aromatic rings. The fourth-order valence-electron chi connectivity index (χ4n) is 4.71. The predicted octanol–water partition coefficient (Wildman–Crippen LogP) is 5.30. The molecule has 0 spiro atoms. The van der Waals surface area contributed by atoms with Crippen molar-refractivity contribution < 1.29 is 19.4 Å². The Bertz CT molecular complexity index is 943. The first kappa shape index (κ1) is 35.9. The van der Waals surface area contributed by atoms with E-state index in [0.717, 1.165) is 38.4 Å². The molecular weight excluding hydrogens is 513 g/mol. The van der Waals surface area contributed by atoms with Gasteiger partial charge in [0.15, 0.2) is 0 Å². The zero-order valence-electron chi connectivity index (χ0n) is 25.4. The number of benzene rings is 2. The number of ether oxygens (including phenoxy) is 1. The van der Waals surface area contributed by atoms with Crippen molar-refractivity contribution in [3.8, 4) is 5.97 Å². The van der Waals surface area contributed by atoms with E-state index in [1.165, 1.54) is 31.1 Å². The van der Waals surface area contributed by atoms with Crippen molar-refractivity contribution in [3.05, 3.63) is 71.8 Å². The average molecular weight is 564 g/mol. The monoisotopic (exact) mass is 563 g/mol. The van der Waals surface area contributed by atoms with Crippen molar-refractivity contribution in [2.75, 3.05) is 27.3 Å². The fourth-order valence-corrected chi connectivity index (χ4v) is 4.71. The molecule has 3 rings (SSSR count). The molecule has 7 nitrogen and oxygen atoms in total. The van der Waals surface area contributed by atoms with E-state index in [-0.39, 0.29) is 31.1 Å². The molecule has 0 saturated heterocycles. The number of likely N-dealkylation sites (N-methyl/N-ethyl adjacent to an activating group) is 1. The van der Waals surface area contributed by atoms with Crippen LogP contribution in [-0.4, -0.2) is 57.5 Å². The molecule has 2 aromatic carbocycles. The minimum atomic E-state index is -0.0596. The van der Waals surface area contributed by atoms with Crippen LogP contribution in [0.5, 0.6) is 0 Å². The van der Waals surface area contributed by atoms with E-state index < -0.39 is 0 Å². The zero-order chi connectivity index (χ0) is 30.3. The molecule has 1 amide bonds. The van der Waals surface area contributed by atoms with Gasteiger partial charge >= 0.3 is 0 Å². The van der Waals surface area contributed by atoms with Crippen molar-refractivity contribution in [1.82, 2.24) is 10.6 Å². The number of aliphatic hydroxyl groups excluding tert-OH is 1. The third-order valence-corrected chi connectivity index (χ3v) is 7.18. The Balaban J connectivity index is 0.000000409. The van der Waals surface area contributed by atoms with Gasteiger partial charge in [-0.3, -0.25) is 9.59 Å². The van der Waals surface area contributed by atoms with Crippen LogP contribution in [0, 0.1) is 23.1 Å². The third-order valence-electron chi connectivity index (χ3n) is 7.18. The van der Waals surface area contributed by atoms with Gasteiger partial charge in [0.05, 0.1) is 13.7 Å². The lowest BCUT2D eigenvalue weighted by atomic mass is 9.39. The highest BCUT2D eigenvalue weighted by Crippen LogP contribution is 2.35. The molecule has 0 heterocycles. The number of amides is 1. The van der Waals surface area contributed by atoms with E-state index in [9.17, 15) is 15.2 Å². The maximum absolute atomic E-state index is 11.8. The first-order valence-electron chi connectivity index (χ1n) is 14.9. The van der Waals surface area contributed by atoms with Crippen LogP contribution >= 0.6 is 0 Å². The number of aliphatic hydroxyl groups is 1. The molecule has 224 valence electrons. The number of hydrogen-bond acceptors (Lipinski definition) is 6. The van der Waals surface area contributed by atoms with Gasteiger partial charge in [0.25, 0.3) is 13.2 Å². The zero-order valence-corrected chi connectivity index (χ0v) is 25.4. The van der Waals surface area contributed by atoms with Gasteiger partial charge in [-0.05, 0) is 61.5 Å². The summed E-state index contributed by atoms with van der Waals surface area (Å²) in [7, 11) is 3.09. The Morgan fingerprint density at radius 1 is 1.07 bits per heavy atom. The summed E-state index contributed by atoms with van der Waals surface area (Å²) in [5, 5.41) is 25.1. The van der Waals surface area contributed by atoms with E-state index in [1.54, 1.807) is 7.05 Å². The lowest BCUT2D eigenvalue weighted by molar-refractivity contribution is -0.126. The van der Waals surface area contributed by atoms with Crippen LogP contribution in [-0.2, 0) is 20.7 Å². The van der Waals surface area contributed by atoms with Gasteiger partial charge in [-0.15, -0.1) is 0 Å². The molecule has 0 aromatic heterocycles. The summed E-state index contributed by atoms with van der Waals surface area (Å²) < 4.78 is 3.86. The van der Waals surface area contributed by atoms with E-state index in [0.29, 0.717) is 24.9 Å². The Hall–Kier alpha value is -3.15. The van der Waals surface area contributed by atoms with Crippen LogP contribution in [0.2, 0.25) is 12.1 Å². The van der Waals surface area contributed by atoms with Crippen molar-refractivity contribution in [2.24, 2.45) is 11.8 Å². The van der Waals surface area contributed by atoms with E-state index in [2.05, 4.69) is 95.9 Å². The Kier molecular flexibility index (Phi) is 19.7. The van der Waals surface area contributed by atoms with Crippen molar-refractivity contribution in [3.63, 3.8) is 0 Å². The third kappa shape index (κ3) is 17.3. The number of hydrogen-bond donors (Lipinski definition) is 3. The number of nitrogens with one attached hydrogen (secondary N) is 2. The molecule has 1 aliphatic rings. The molecule has 0 bridgehead atoms. The lowest BCUT2D eigenvalue weighted by Crippen LogP contribution is -2.40. The highest BCUT2D eigenvalue weighted by molar-refractivity contribution is 6.68. The molecule has 2 atom stereocenters. The van der Waals surface area contributed by atoms with Crippen LogP contribution in [0.15, 0.2) is 60.7 Å². The number of nitriles is 1. The first-order valence-corrected chi connectivity index (χ1v) is 14.9. The SMILES string of the molecule is CNCC(=O)NC(CCCC(CO)B(C#N)CCC(C)C)C1CC1.COC=O.c1ccc(Cc2ccccc2)cc1. The molecule has 1 aliphatic carbocycles. The Morgan fingerprint density at radius 3 is 2.05 bits per heavy atom. The van der Waals surface area contributed by atoms with Gasteiger partial charge in [0.2, 0.25) is 5.91 Å². The summed E-state index contributed by atoms with van der Waals surface area (Å²) in [5.41, 5.74) is 2.74. The minimum absolute atomic E-state index is 0.0555. The second-order valence-electron chi connectivity index (χ2n) is 11.1. The number of carbonyl (C=O) groups excluding carboxylic acids is 2. The quantitative estimate of drug-likeness (QED) is 0.189. The van der Waals surface area contributed by atoms with Gasteiger partial charge in [0.1, 0.15) is 0 Å². The topological polar surface area (TPSA) is 111 Å². The van der Waals surface area contributed by atoms with Gasteiger partial charge in [-0.25, -0.2) is 5.26 Å². The standard InChI is InChI=1S/C18H34BN3O2.C13H12.C2H4O2/c1-14(2)9-10-19(13-20)16(12-23)5-4-6-17(15-7-8-15)22-18(24)11-21-3;1-3-7-12(8-4-1)11-13-9-5-2-6-10-13;1-4-2-3/h14-17,21,23H,4-12H2,1-3H3,(H,22,24);1-10H,11H2;2H,1H3. The number of rotatable bonds is 16. The smallest absolute Gasteiger partial charge is 0.292 e. The molecule has 0 radical (unpaired) electrons. The normalized spacial score (nSPS) is 13.3. The van der Waals surface area contributed by atoms with Crippen LogP contribution in [0.4, 0.5) is 0 Å². The van der Waals surface area contributed by atoms with Crippen molar-refractivity contribution in [2.45, 2.75) is 77.0 Å². The molecule has 41 heavy (non-hydrogen) atoms. The van der Waals surface area contributed by atoms with Crippen molar-refractivity contribution >= 4 is 19.1 Å². The number of nitrogens with zero attached hydrogens (tertiary/aromatic N) is 1. The molecule has 1 fully saturated rings. The highest BCUT2D eigenvalue weighted by atomic mass is 16.5. The molecular formula is C33H50BN3O4. The minimum Gasteiger partial charge on any atom is -0.471 e. The largest absolute Gasteiger partial charge is 0.471 e. The second-order valence-corrected chi connectivity index (χ2v) is 11.1. The molecule has 1 saturated carbocycles. The summed E-state index contributed by atoms with van der Waals surface area (Å²) in [4.78, 5) is 20.7. The van der Waals surface area contributed by atoms with Gasteiger partial charge < -0.3 is 20.5 Å². The summed E-state index contributed by atoms with van der Waals surface area (Å²) in [6, 6.07) is 21.3. The van der Waals surface area contributed by atoms with Crippen LogP contribution < -0.4 is 10.6 Å². The fraction of sp³-hybridized carbons (Fsp3) is 0.545. The molecule has 3 N–H and O–H groups in total. The Morgan fingerprint density at radius 2 is 1.63 bits per heavy atom. The summed E-state index contributed by atoms with van der Waals surface area (Å²) in [5.74, 6) is 3.71. The highest BCUT2D eigenvalue weighted by Gasteiger charge is 2.32. The maximum Gasteiger partial charge on any atom is 0.292 e. The van der Waals surface area contributed by atoms with Gasteiger partial charge in [-0.1, -0.05) is 100 Å². The predicted molar refractivity (Wildman–Crippen MR) is 168 cm³/mol. The van der Waals surface area contributed by atoms with Crippen molar-refractivity contribution in [1.29, 1.82) is 5.26 Å². The molecule has 8 heteroatoms. The first-order chi connectivity index (χ1) is 19.9. The van der Waals surface area contributed by atoms with Crippen LogP contribution in [0.1, 0.15) is 63.5 Å². The lowest BCUT2D eigenvalue weighted by Gasteiger charge is -2.21. The summed E-state index contributed by atoms with van der Waals surface area (Å²) in [6.07, 6.45) is 8.07. The second kappa shape index (κ2) is 22.5.